The Morgan fingerprint density at radius 2 is 1.09 bits per heavy atom. The van der Waals surface area contributed by atoms with Crippen molar-refractivity contribution in [1.29, 1.82) is 0 Å². The highest BCUT2D eigenvalue weighted by molar-refractivity contribution is 5.93. The maximum atomic E-state index is 11.0. The molecule has 0 radical (unpaired) electrons. The van der Waals surface area contributed by atoms with Crippen LogP contribution in [0.2, 0.25) is 0 Å². The molecule has 0 aliphatic heterocycles. The standard InChI is InChI=1S/C21H32O11/c1-26-2-3-27-4-5-28-6-7-29-8-9-30-10-11-31-12-13-32-19-15-17(20(22)23)14-18(16-19)21(24)25/h14-16H,2-13H2,1H3,(H,22,23)(H,24,25)/p-1. The summed E-state index contributed by atoms with van der Waals surface area (Å²) in [5, 5.41) is 20.0. The van der Waals surface area contributed by atoms with Crippen molar-refractivity contribution in [3.63, 3.8) is 0 Å². The van der Waals surface area contributed by atoms with Crippen molar-refractivity contribution in [1.82, 2.24) is 0 Å². The molecule has 0 spiro atoms. The van der Waals surface area contributed by atoms with Crippen LogP contribution >= 0.6 is 0 Å². The van der Waals surface area contributed by atoms with Gasteiger partial charge in [-0.15, -0.1) is 0 Å². The summed E-state index contributed by atoms with van der Waals surface area (Å²) in [4.78, 5) is 22.0. The van der Waals surface area contributed by atoms with E-state index in [1.165, 1.54) is 12.1 Å². The van der Waals surface area contributed by atoms with E-state index in [4.69, 9.17) is 38.3 Å². The quantitative estimate of drug-likeness (QED) is 0.245. The third-order valence-corrected chi connectivity index (χ3v) is 3.81. The molecule has 0 saturated heterocycles. The van der Waals surface area contributed by atoms with Gasteiger partial charge in [0.15, 0.2) is 0 Å². The van der Waals surface area contributed by atoms with Gasteiger partial charge in [0, 0.05) is 12.7 Å². The number of aromatic carboxylic acids is 2. The van der Waals surface area contributed by atoms with Gasteiger partial charge in [-0.05, 0) is 18.2 Å². The Morgan fingerprint density at radius 3 is 1.50 bits per heavy atom. The molecule has 1 aromatic carbocycles. The zero-order chi connectivity index (χ0) is 23.4. The summed E-state index contributed by atoms with van der Waals surface area (Å²) in [6, 6.07) is 3.45. The fraction of sp³-hybridized carbons (Fsp3) is 0.619. The van der Waals surface area contributed by atoms with Gasteiger partial charge in [-0.3, -0.25) is 0 Å². The van der Waals surface area contributed by atoms with E-state index in [9.17, 15) is 14.7 Å². The number of carbonyl (C=O) groups is 2. The molecule has 182 valence electrons. The molecule has 32 heavy (non-hydrogen) atoms. The van der Waals surface area contributed by atoms with Crippen LogP contribution in [0.1, 0.15) is 20.7 Å². The number of carboxylic acids is 2. The third-order valence-electron chi connectivity index (χ3n) is 3.81. The molecule has 0 saturated carbocycles. The van der Waals surface area contributed by atoms with Gasteiger partial charge in [0.1, 0.15) is 12.4 Å². The minimum absolute atomic E-state index is 0.115. The summed E-state index contributed by atoms with van der Waals surface area (Å²) in [5.41, 5.74) is -0.466. The molecule has 0 atom stereocenters. The number of carbonyl (C=O) groups excluding carboxylic acids is 1. The predicted molar refractivity (Wildman–Crippen MR) is 109 cm³/mol. The number of rotatable bonds is 21. The molecular formula is C21H31O11-. The highest BCUT2D eigenvalue weighted by Gasteiger charge is 2.08. The van der Waals surface area contributed by atoms with Crippen molar-refractivity contribution in [2.24, 2.45) is 0 Å². The van der Waals surface area contributed by atoms with E-state index in [-0.39, 0.29) is 30.1 Å². The fourth-order valence-electron chi connectivity index (χ4n) is 2.27. The van der Waals surface area contributed by atoms with E-state index in [1.807, 2.05) is 0 Å². The number of benzene rings is 1. The number of carboxylic acid groups (broad SMARTS) is 2. The lowest BCUT2D eigenvalue weighted by Crippen LogP contribution is -2.22. The molecule has 0 unspecified atom stereocenters. The first-order valence-electron chi connectivity index (χ1n) is 10.1. The Balaban J connectivity index is 1.94. The van der Waals surface area contributed by atoms with Gasteiger partial charge in [0.2, 0.25) is 0 Å². The SMILES string of the molecule is COCCOCCOCCOCCOCCOCCOc1cc(C(=O)[O-])cc(C(=O)O)c1. The Kier molecular flexibility index (Phi) is 15.9. The molecule has 11 heteroatoms. The predicted octanol–water partition coefficient (Wildman–Crippen LogP) is -0.143. The fourth-order valence-corrected chi connectivity index (χ4v) is 2.27. The van der Waals surface area contributed by atoms with Gasteiger partial charge in [0.25, 0.3) is 0 Å². The summed E-state index contributed by atoms with van der Waals surface area (Å²) >= 11 is 0. The van der Waals surface area contributed by atoms with Crippen LogP contribution in [0.4, 0.5) is 0 Å². The smallest absolute Gasteiger partial charge is 0.335 e. The molecule has 1 N–H and O–H groups in total. The first kappa shape index (κ1) is 27.8. The average Bonchev–Trinajstić information content (AvgIpc) is 2.78. The maximum Gasteiger partial charge on any atom is 0.335 e. The summed E-state index contributed by atoms with van der Waals surface area (Å²) in [5.74, 6) is -2.62. The summed E-state index contributed by atoms with van der Waals surface area (Å²) in [6.45, 7) is 5.03. The Labute approximate surface area is 187 Å². The molecule has 1 aromatic rings. The number of hydrogen-bond acceptors (Lipinski definition) is 10. The highest BCUT2D eigenvalue weighted by atomic mass is 16.6. The van der Waals surface area contributed by atoms with Crippen LogP contribution in [0.15, 0.2) is 18.2 Å². The minimum atomic E-state index is -1.48. The maximum absolute atomic E-state index is 11.0. The zero-order valence-corrected chi connectivity index (χ0v) is 18.2. The van der Waals surface area contributed by atoms with E-state index >= 15 is 0 Å². The molecule has 11 nitrogen and oxygen atoms in total. The Morgan fingerprint density at radius 1 is 0.688 bits per heavy atom. The van der Waals surface area contributed by atoms with Crippen molar-refractivity contribution >= 4 is 11.9 Å². The van der Waals surface area contributed by atoms with Crippen LogP contribution in [0.3, 0.4) is 0 Å². The first-order chi connectivity index (χ1) is 15.5. The Bertz CT molecular complexity index is 618. The van der Waals surface area contributed by atoms with Crippen molar-refractivity contribution in [2.45, 2.75) is 0 Å². The van der Waals surface area contributed by atoms with Crippen molar-refractivity contribution < 1.29 is 53.0 Å². The van der Waals surface area contributed by atoms with E-state index in [0.717, 1.165) is 6.07 Å². The lowest BCUT2D eigenvalue weighted by molar-refractivity contribution is -0.255. The van der Waals surface area contributed by atoms with Gasteiger partial charge >= 0.3 is 5.97 Å². The van der Waals surface area contributed by atoms with Gasteiger partial charge < -0.3 is 48.2 Å². The third kappa shape index (κ3) is 13.9. The van der Waals surface area contributed by atoms with Gasteiger partial charge in [0.05, 0.1) is 84.2 Å². The average molecular weight is 459 g/mol. The molecule has 0 heterocycles. The van der Waals surface area contributed by atoms with Crippen LogP contribution < -0.4 is 9.84 Å². The molecule has 0 aliphatic carbocycles. The lowest BCUT2D eigenvalue weighted by Gasteiger charge is -2.11. The van der Waals surface area contributed by atoms with E-state index < -0.39 is 11.9 Å². The van der Waals surface area contributed by atoms with Crippen molar-refractivity contribution in [3.8, 4) is 5.75 Å². The van der Waals surface area contributed by atoms with Gasteiger partial charge in [-0.1, -0.05) is 0 Å². The van der Waals surface area contributed by atoms with Crippen molar-refractivity contribution in [2.75, 3.05) is 86.4 Å². The van der Waals surface area contributed by atoms with Crippen LogP contribution in [0.25, 0.3) is 0 Å². The van der Waals surface area contributed by atoms with E-state index in [2.05, 4.69) is 0 Å². The summed E-state index contributed by atoms with van der Waals surface area (Å²) in [6.07, 6.45) is 0. The van der Waals surface area contributed by atoms with Gasteiger partial charge in [-0.25, -0.2) is 4.79 Å². The normalized spacial score (nSPS) is 10.9. The van der Waals surface area contributed by atoms with Crippen molar-refractivity contribution in [3.05, 3.63) is 29.3 Å². The van der Waals surface area contributed by atoms with E-state index in [1.54, 1.807) is 7.11 Å². The molecule has 0 amide bonds. The second-order valence-electron chi connectivity index (χ2n) is 6.24. The molecule has 0 aromatic heterocycles. The molecule has 0 fully saturated rings. The van der Waals surface area contributed by atoms with E-state index in [0.29, 0.717) is 66.1 Å². The summed E-state index contributed by atoms with van der Waals surface area (Å²) < 4.78 is 36.9. The minimum Gasteiger partial charge on any atom is -0.545 e. The lowest BCUT2D eigenvalue weighted by atomic mass is 10.1. The number of hydrogen-bond donors (Lipinski definition) is 1. The second kappa shape index (κ2) is 18.3. The van der Waals surface area contributed by atoms with Gasteiger partial charge in [-0.2, -0.15) is 0 Å². The monoisotopic (exact) mass is 459 g/mol. The van der Waals surface area contributed by atoms with Crippen LogP contribution in [0.5, 0.6) is 5.75 Å². The highest BCUT2D eigenvalue weighted by Crippen LogP contribution is 2.17. The molecular weight excluding hydrogens is 428 g/mol. The van der Waals surface area contributed by atoms with Crippen LogP contribution in [-0.2, 0) is 28.4 Å². The largest absolute Gasteiger partial charge is 0.545 e. The Hall–Kier alpha value is -2.28. The zero-order valence-electron chi connectivity index (χ0n) is 18.2. The van der Waals surface area contributed by atoms with Crippen LogP contribution in [-0.4, -0.2) is 103 Å². The summed E-state index contributed by atoms with van der Waals surface area (Å²) in [7, 11) is 1.62. The topological polar surface area (TPSA) is 142 Å². The molecule has 1 rings (SSSR count). The second-order valence-corrected chi connectivity index (χ2v) is 6.24. The first-order valence-corrected chi connectivity index (χ1v) is 10.1. The molecule has 0 aliphatic rings. The number of methoxy groups -OCH3 is 1. The van der Waals surface area contributed by atoms with Crippen LogP contribution in [0, 0.1) is 0 Å². The number of ether oxygens (including phenoxy) is 7. The molecule has 0 bridgehead atoms.